The third-order valence-electron chi connectivity index (χ3n) is 5.56. The molecule has 32 heavy (non-hydrogen) atoms. The second-order valence-electron chi connectivity index (χ2n) is 7.69. The molecule has 0 spiro atoms. The molecule has 8 heteroatoms. The number of rotatable bonds is 8. The molecule has 2 heterocycles. The number of hydrogen-bond acceptors (Lipinski definition) is 6. The number of ether oxygens (including phenoxy) is 2. The molecule has 1 amide bonds. The lowest BCUT2D eigenvalue weighted by Crippen LogP contribution is -2.27. The van der Waals surface area contributed by atoms with Crippen LogP contribution >= 0.6 is 11.3 Å². The molecule has 0 unspecified atom stereocenters. The van der Waals surface area contributed by atoms with Crippen molar-refractivity contribution in [1.82, 2.24) is 9.88 Å². The maximum Gasteiger partial charge on any atom is 0.341 e. The van der Waals surface area contributed by atoms with E-state index in [2.05, 4.69) is 5.32 Å². The Morgan fingerprint density at radius 3 is 2.75 bits per heavy atom. The molecular formula is C24H29N3O4S. The van der Waals surface area contributed by atoms with Crippen molar-refractivity contribution in [2.24, 2.45) is 0 Å². The highest BCUT2D eigenvalue weighted by molar-refractivity contribution is 7.15. The van der Waals surface area contributed by atoms with Gasteiger partial charge in [0.25, 0.3) is 5.91 Å². The maximum absolute atomic E-state index is 12.9. The van der Waals surface area contributed by atoms with Crippen molar-refractivity contribution in [2.75, 3.05) is 26.9 Å². The molecule has 1 aliphatic rings. The number of thiophene rings is 1. The Labute approximate surface area is 192 Å². The van der Waals surface area contributed by atoms with Gasteiger partial charge in [-0.3, -0.25) is 4.79 Å². The summed E-state index contributed by atoms with van der Waals surface area (Å²) in [6.07, 6.45) is 5.64. The van der Waals surface area contributed by atoms with E-state index in [0.717, 1.165) is 53.2 Å². The number of methoxy groups -OCH3 is 1. The summed E-state index contributed by atoms with van der Waals surface area (Å²) in [7, 11) is 1.55. The number of carbonyl (C=O) groups excluding carboxylic acids is 2. The van der Waals surface area contributed by atoms with Crippen LogP contribution in [0.1, 0.15) is 57.5 Å². The Kier molecular flexibility index (Phi) is 7.89. The number of nitrogens with zero attached hydrogens (tertiary/aromatic N) is 2. The van der Waals surface area contributed by atoms with E-state index in [1.807, 2.05) is 37.5 Å². The van der Waals surface area contributed by atoms with Gasteiger partial charge in [0.1, 0.15) is 16.6 Å². The molecule has 1 aliphatic carbocycles. The number of hydrogen-bond donors (Lipinski definition) is 1. The van der Waals surface area contributed by atoms with Crippen molar-refractivity contribution in [3.63, 3.8) is 0 Å². The largest absolute Gasteiger partial charge is 0.462 e. The Bertz CT molecular complexity index is 1090. The van der Waals surface area contributed by atoms with E-state index < -0.39 is 5.91 Å². The van der Waals surface area contributed by atoms with Crippen molar-refractivity contribution in [3.05, 3.63) is 44.6 Å². The van der Waals surface area contributed by atoms with Crippen LogP contribution in [0.5, 0.6) is 0 Å². The van der Waals surface area contributed by atoms with E-state index in [-0.39, 0.29) is 11.5 Å². The predicted octanol–water partition coefficient (Wildman–Crippen LogP) is 3.88. The zero-order valence-corrected chi connectivity index (χ0v) is 19.9. The summed E-state index contributed by atoms with van der Waals surface area (Å²) in [5.74, 6) is -0.727. The normalized spacial score (nSPS) is 13.4. The van der Waals surface area contributed by atoms with Gasteiger partial charge in [-0.2, -0.15) is 5.26 Å². The van der Waals surface area contributed by atoms with Crippen LogP contribution in [0.15, 0.2) is 11.6 Å². The predicted molar refractivity (Wildman–Crippen MR) is 124 cm³/mol. The van der Waals surface area contributed by atoms with E-state index in [4.69, 9.17) is 9.47 Å². The summed E-state index contributed by atoms with van der Waals surface area (Å²) in [6, 6.07) is 3.92. The van der Waals surface area contributed by atoms with Crippen LogP contribution in [-0.4, -0.2) is 43.3 Å². The number of fused-ring (bicyclic) bond motifs is 1. The van der Waals surface area contributed by atoms with Crippen molar-refractivity contribution >= 4 is 29.3 Å². The number of carbonyl (C=O) groups is 2. The van der Waals surface area contributed by atoms with Crippen molar-refractivity contribution in [1.29, 1.82) is 5.26 Å². The number of amides is 1. The molecule has 3 rings (SSSR count). The summed E-state index contributed by atoms with van der Waals surface area (Å²) in [6.45, 7) is 6.74. The molecule has 0 saturated carbocycles. The SMILES string of the molecule is CCOC(=O)c1c(-n2c(C)cc(/C=C(\C#N)C(=O)NCCOC)c2C)sc2c1CCCC2. The first-order valence-electron chi connectivity index (χ1n) is 10.8. The third kappa shape index (κ3) is 4.79. The standard InChI is InChI=1S/C24H29N3O4S/c1-5-31-24(29)21-19-8-6-7-9-20(19)32-23(21)27-15(2)12-17(16(27)3)13-18(14-25)22(28)26-10-11-30-4/h12-13H,5-11H2,1-4H3,(H,26,28)/b18-13+. The third-order valence-corrected chi connectivity index (χ3v) is 6.84. The number of aryl methyl sites for hydroxylation is 2. The van der Waals surface area contributed by atoms with Crippen LogP contribution < -0.4 is 5.32 Å². The van der Waals surface area contributed by atoms with Gasteiger partial charge >= 0.3 is 5.97 Å². The summed E-state index contributed by atoms with van der Waals surface area (Å²) < 4.78 is 12.4. The Balaban J connectivity index is 2.05. The molecule has 0 saturated heterocycles. The zero-order valence-electron chi connectivity index (χ0n) is 19.0. The van der Waals surface area contributed by atoms with Crippen molar-refractivity contribution in [3.8, 4) is 11.1 Å². The van der Waals surface area contributed by atoms with Gasteiger partial charge in [0.2, 0.25) is 0 Å². The van der Waals surface area contributed by atoms with Crippen molar-refractivity contribution < 1.29 is 19.1 Å². The van der Waals surface area contributed by atoms with Gasteiger partial charge < -0.3 is 19.4 Å². The Hall–Kier alpha value is -2.89. The molecule has 0 aromatic carbocycles. The number of nitrogens with one attached hydrogen (secondary N) is 1. The van der Waals surface area contributed by atoms with E-state index in [9.17, 15) is 14.9 Å². The minimum absolute atomic E-state index is 0.0254. The summed E-state index contributed by atoms with van der Waals surface area (Å²) >= 11 is 1.64. The lowest BCUT2D eigenvalue weighted by atomic mass is 9.95. The molecule has 0 fully saturated rings. The van der Waals surface area contributed by atoms with Crippen LogP contribution in [0, 0.1) is 25.2 Å². The van der Waals surface area contributed by atoms with E-state index >= 15 is 0 Å². The first-order valence-corrected chi connectivity index (χ1v) is 11.6. The molecule has 1 N–H and O–H groups in total. The van der Waals surface area contributed by atoms with Crippen LogP contribution in [-0.2, 0) is 27.1 Å². The molecule has 7 nitrogen and oxygen atoms in total. The molecule has 2 aromatic heterocycles. The fraction of sp³-hybridized carbons (Fsp3) is 0.458. The lowest BCUT2D eigenvalue weighted by Gasteiger charge is -2.13. The van der Waals surface area contributed by atoms with E-state index in [1.165, 1.54) is 4.88 Å². The molecule has 0 atom stereocenters. The van der Waals surface area contributed by atoms with Gasteiger partial charge in [0, 0.05) is 29.9 Å². The van der Waals surface area contributed by atoms with E-state index in [0.29, 0.717) is 25.3 Å². The minimum atomic E-state index is -0.437. The molecular weight excluding hydrogens is 426 g/mol. The maximum atomic E-state index is 12.9. The highest BCUT2D eigenvalue weighted by Crippen LogP contribution is 2.39. The molecule has 2 aromatic rings. The number of esters is 1. The summed E-state index contributed by atoms with van der Waals surface area (Å²) in [4.78, 5) is 26.5. The Morgan fingerprint density at radius 1 is 1.31 bits per heavy atom. The molecule has 0 aliphatic heterocycles. The average Bonchev–Trinajstić information content (AvgIpc) is 3.28. The average molecular weight is 456 g/mol. The highest BCUT2D eigenvalue weighted by atomic mass is 32.1. The second kappa shape index (κ2) is 10.6. The van der Waals surface area contributed by atoms with Gasteiger partial charge in [-0.25, -0.2) is 4.79 Å². The Morgan fingerprint density at radius 2 is 2.06 bits per heavy atom. The van der Waals surface area contributed by atoms with E-state index in [1.54, 1.807) is 24.5 Å². The molecule has 0 bridgehead atoms. The minimum Gasteiger partial charge on any atom is -0.462 e. The lowest BCUT2D eigenvalue weighted by molar-refractivity contribution is -0.117. The van der Waals surface area contributed by atoms with Crippen LogP contribution in [0.2, 0.25) is 0 Å². The smallest absolute Gasteiger partial charge is 0.341 e. The first kappa shape index (κ1) is 23.8. The summed E-state index contributed by atoms with van der Waals surface area (Å²) in [5.41, 5.74) is 4.34. The second-order valence-corrected chi connectivity index (χ2v) is 8.78. The highest BCUT2D eigenvalue weighted by Gasteiger charge is 2.28. The topological polar surface area (TPSA) is 93.4 Å². The summed E-state index contributed by atoms with van der Waals surface area (Å²) in [5, 5.41) is 13.0. The fourth-order valence-electron chi connectivity index (χ4n) is 4.03. The van der Waals surface area contributed by atoms with Crippen molar-refractivity contribution in [2.45, 2.75) is 46.5 Å². The van der Waals surface area contributed by atoms with Gasteiger partial charge in [-0.05, 0) is 69.7 Å². The van der Waals surface area contributed by atoms with Gasteiger partial charge in [0.05, 0.1) is 18.8 Å². The van der Waals surface area contributed by atoms with Crippen LogP contribution in [0.3, 0.4) is 0 Å². The number of aromatic nitrogens is 1. The first-order chi connectivity index (χ1) is 15.4. The zero-order chi connectivity index (χ0) is 23.3. The number of nitriles is 1. The van der Waals surface area contributed by atoms with Gasteiger partial charge in [-0.15, -0.1) is 11.3 Å². The molecule has 0 radical (unpaired) electrons. The van der Waals surface area contributed by atoms with Crippen LogP contribution in [0.4, 0.5) is 0 Å². The molecule has 170 valence electrons. The monoisotopic (exact) mass is 455 g/mol. The fourth-order valence-corrected chi connectivity index (χ4v) is 5.52. The van der Waals surface area contributed by atoms with Gasteiger partial charge in [-0.1, -0.05) is 0 Å². The van der Waals surface area contributed by atoms with Crippen LogP contribution in [0.25, 0.3) is 11.1 Å². The quantitative estimate of drug-likeness (QED) is 0.282. The van der Waals surface area contributed by atoms with Gasteiger partial charge in [0.15, 0.2) is 0 Å².